The molecule has 0 spiro atoms. The first-order valence-corrected chi connectivity index (χ1v) is 5.09. The second kappa shape index (κ2) is 2.78. The van der Waals surface area contributed by atoms with E-state index in [0.29, 0.717) is 0 Å². The lowest BCUT2D eigenvalue weighted by Crippen LogP contribution is -2.11. The van der Waals surface area contributed by atoms with Crippen LogP contribution < -0.4 is 0 Å². The zero-order valence-corrected chi connectivity index (χ0v) is 6.64. The van der Waals surface area contributed by atoms with Crippen molar-refractivity contribution >= 4 is 9.84 Å². The van der Waals surface area contributed by atoms with E-state index in [9.17, 15) is 12.8 Å². The summed E-state index contributed by atoms with van der Waals surface area (Å²) < 4.78 is 34.3. The van der Waals surface area contributed by atoms with Crippen LogP contribution in [0, 0.1) is 17.2 Å². The van der Waals surface area contributed by atoms with Crippen LogP contribution in [0.2, 0.25) is 0 Å². The Balaban J connectivity index is 2.68. The minimum atomic E-state index is -3.19. The van der Waals surface area contributed by atoms with Crippen LogP contribution in [0.5, 0.6) is 0 Å². The molecule has 62 valence electrons. The first kappa shape index (κ1) is 8.47. The molecule has 1 aliphatic rings. The summed E-state index contributed by atoms with van der Waals surface area (Å²) in [5, 5.41) is 8.20. The first-order valence-electron chi connectivity index (χ1n) is 3.26. The van der Waals surface area contributed by atoms with Crippen molar-refractivity contribution in [3.63, 3.8) is 0 Å². The standard InChI is InChI=1S/C6H8FNO2S/c7-6-4-11(9,10)3-5(6)1-2-8/h5-6H,1,3-4H2. The Kier molecular flexibility index (Phi) is 2.14. The summed E-state index contributed by atoms with van der Waals surface area (Å²) >= 11 is 0. The molecule has 1 rings (SSSR count). The lowest BCUT2D eigenvalue weighted by Gasteiger charge is -2.02. The number of hydrogen-bond acceptors (Lipinski definition) is 3. The summed E-state index contributed by atoms with van der Waals surface area (Å²) in [6.45, 7) is 0. The molecule has 0 amide bonds. The van der Waals surface area contributed by atoms with Crippen molar-refractivity contribution in [3.05, 3.63) is 0 Å². The second-order valence-electron chi connectivity index (χ2n) is 2.72. The molecular weight excluding hydrogens is 169 g/mol. The lowest BCUT2D eigenvalue weighted by atomic mass is 10.1. The summed E-state index contributed by atoms with van der Waals surface area (Å²) in [5.41, 5.74) is 0. The molecule has 0 saturated carbocycles. The van der Waals surface area contributed by atoms with Gasteiger partial charge in [-0.3, -0.25) is 0 Å². The van der Waals surface area contributed by atoms with Crippen molar-refractivity contribution in [2.45, 2.75) is 12.6 Å². The van der Waals surface area contributed by atoms with Gasteiger partial charge in [0.25, 0.3) is 0 Å². The third-order valence-electron chi connectivity index (χ3n) is 1.75. The normalized spacial score (nSPS) is 34.9. The van der Waals surface area contributed by atoms with Crippen molar-refractivity contribution in [3.8, 4) is 6.07 Å². The van der Waals surface area contributed by atoms with Crippen LogP contribution >= 0.6 is 0 Å². The lowest BCUT2D eigenvalue weighted by molar-refractivity contribution is 0.288. The van der Waals surface area contributed by atoms with Crippen LogP contribution in [-0.2, 0) is 9.84 Å². The van der Waals surface area contributed by atoms with Gasteiger partial charge in [-0.2, -0.15) is 5.26 Å². The molecule has 1 aliphatic heterocycles. The molecular formula is C6H8FNO2S. The van der Waals surface area contributed by atoms with Crippen molar-refractivity contribution in [1.82, 2.24) is 0 Å². The third-order valence-corrected chi connectivity index (χ3v) is 3.51. The monoisotopic (exact) mass is 177 g/mol. The maximum atomic E-state index is 12.7. The SMILES string of the molecule is N#CCC1CS(=O)(=O)CC1F. The van der Waals surface area contributed by atoms with E-state index >= 15 is 0 Å². The number of sulfone groups is 1. The van der Waals surface area contributed by atoms with Crippen molar-refractivity contribution in [1.29, 1.82) is 5.26 Å². The molecule has 0 aromatic rings. The van der Waals surface area contributed by atoms with Gasteiger partial charge in [-0.05, 0) is 0 Å². The van der Waals surface area contributed by atoms with E-state index in [1.807, 2.05) is 0 Å². The summed E-state index contributed by atoms with van der Waals surface area (Å²) in [6.07, 6.45) is -1.33. The summed E-state index contributed by atoms with van der Waals surface area (Å²) in [6, 6.07) is 1.77. The van der Waals surface area contributed by atoms with Crippen LogP contribution in [0.15, 0.2) is 0 Å². The number of hydrogen-bond donors (Lipinski definition) is 0. The first-order chi connectivity index (χ1) is 5.05. The summed E-state index contributed by atoms with van der Waals surface area (Å²) in [7, 11) is -3.19. The molecule has 5 heteroatoms. The van der Waals surface area contributed by atoms with Crippen LogP contribution in [0.3, 0.4) is 0 Å². The summed E-state index contributed by atoms with van der Waals surface area (Å²) in [5.74, 6) is -1.16. The van der Waals surface area contributed by atoms with Gasteiger partial charge in [0.15, 0.2) is 9.84 Å². The average Bonchev–Trinajstić information content (AvgIpc) is 2.07. The summed E-state index contributed by atoms with van der Waals surface area (Å²) in [4.78, 5) is 0. The van der Waals surface area contributed by atoms with Crippen LogP contribution in [0.25, 0.3) is 0 Å². The minimum Gasteiger partial charge on any atom is -0.246 e. The van der Waals surface area contributed by atoms with Gasteiger partial charge >= 0.3 is 0 Å². The van der Waals surface area contributed by atoms with Crippen molar-refractivity contribution in [2.75, 3.05) is 11.5 Å². The largest absolute Gasteiger partial charge is 0.246 e. The predicted octanol–water partition coefficient (Wildman–Crippen LogP) is 0.283. The Hall–Kier alpha value is -0.630. The van der Waals surface area contributed by atoms with Gasteiger partial charge in [-0.25, -0.2) is 12.8 Å². The number of halogens is 1. The fourth-order valence-electron chi connectivity index (χ4n) is 1.18. The Morgan fingerprint density at radius 2 is 2.18 bits per heavy atom. The molecule has 0 aliphatic carbocycles. The van der Waals surface area contributed by atoms with E-state index in [4.69, 9.17) is 5.26 Å². The smallest absolute Gasteiger partial charge is 0.153 e. The Morgan fingerprint density at radius 1 is 1.55 bits per heavy atom. The number of alkyl halides is 1. The molecule has 3 nitrogen and oxygen atoms in total. The maximum Gasteiger partial charge on any atom is 0.153 e. The maximum absolute atomic E-state index is 12.7. The van der Waals surface area contributed by atoms with E-state index in [2.05, 4.69) is 0 Å². The highest BCUT2D eigenvalue weighted by molar-refractivity contribution is 7.91. The number of rotatable bonds is 1. The average molecular weight is 177 g/mol. The van der Waals surface area contributed by atoms with Gasteiger partial charge in [-0.1, -0.05) is 0 Å². The van der Waals surface area contributed by atoms with Crippen LogP contribution in [0.1, 0.15) is 6.42 Å². The van der Waals surface area contributed by atoms with Gasteiger partial charge in [-0.15, -0.1) is 0 Å². The molecule has 0 aromatic heterocycles. The molecule has 11 heavy (non-hydrogen) atoms. The van der Waals surface area contributed by atoms with E-state index < -0.39 is 27.7 Å². The molecule has 1 fully saturated rings. The zero-order valence-electron chi connectivity index (χ0n) is 5.83. The highest BCUT2D eigenvalue weighted by atomic mass is 32.2. The van der Waals surface area contributed by atoms with Gasteiger partial charge < -0.3 is 0 Å². The number of nitriles is 1. The second-order valence-corrected chi connectivity index (χ2v) is 4.87. The fourth-order valence-corrected chi connectivity index (χ4v) is 3.05. The Morgan fingerprint density at radius 3 is 2.55 bits per heavy atom. The van der Waals surface area contributed by atoms with Crippen LogP contribution in [-0.4, -0.2) is 26.1 Å². The molecule has 0 N–H and O–H groups in total. The Labute approximate surface area is 64.7 Å². The highest BCUT2D eigenvalue weighted by Crippen LogP contribution is 2.24. The topological polar surface area (TPSA) is 57.9 Å². The van der Waals surface area contributed by atoms with Gasteiger partial charge in [0.2, 0.25) is 0 Å². The van der Waals surface area contributed by atoms with E-state index in [0.717, 1.165) is 0 Å². The molecule has 1 heterocycles. The molecule has 2 unspecified atom stereocenters. The predicted molar refractivity (Wildman–Crippen MR) is 37.3 cm³/mol. The van der Waals surface area contributed by atoms with E-state index in [1.165, 1.54) is 0 Å². The Bertz CT molecular complexity index is 279. The zero-order chi connectivity index (χ0) is 8.48. The van der Waals surface area contributed by atoms with Gasteiger partial charge in [0.05, 0.1) is 17.6 Å². The molecule has 1 saturated heterocycles. The molecule has 0 aromatic carbocycles. The quantitative estimate of drug-likeness (QED) is 0.578. The van der Waals surface area contributed by atoms with E-state index in [-0.39, 0.29) is 12.2 Å². The molecule has 0 radical (unpaired) electrons. The van der Waals surface area contributed by atoms with E-state index in [1.54, 1.807) is 6.07 Å². The van der Waals surface area contributed by atoms with Gasteiger partial charge in [0, 0.05) is 12.3 Å². The molecule has 2 atom stereocenters. The minimum absolute atomic E-state index is 0.000394. The van der Waals surface area contributed by atoms with Crippen molar-refractivity contribution in [2.24, 2.45) is 5.92 Å². The highest BCUT2D eigenvalue weighted by Gasteiger charge is 2.37. The van der Waals surface area contributed by atoms with Crippen LogP contribution in [0.4, 0.5) is 4.39 Å². The van der Waals surface area contributed by atoms with Crippen molar-refractivity contribution < 1.29 is 12.8 Å². The fraction of sp³-hybridized carbons (Fsp3) is 0.833. The number of nitrogens with zero attached hydrogens (tertiary/aromatic N) is 1. The van der Waals surface area contributed by atoms with Gasteiger partial charge in [0.1, 0.15) is 6.17 Å². The third kappa shape index (κ3) is 1.90. The molecule has 0 bridgehead atoms.